The summed E-state index contributed by atoms with van der Waals surface area (Å²) in [6, 6.07) is 15.8. The third-order valence-electron chi connectivity index (χ3n) is 6.60. The van der Waals surface area contributed by atoms with Crippen LogP contribution in [0.5, 0.6) is 17.2 Å². The van der Waals surface area contributed by atoms with E-state index in [0.717, 1.165) is 24.9 Å². The summed E-state index contributed by atoms with van der Waals surface area (Å²) in [6.45, 7) is 6.15. The van der Waals surface area contributed by atoms with Crippen LogP contribution in [0.15, 0.2) is 75.4 Å². The highest BCUT2D eigenvalue weighted by atomic mass is 127. The lowest BCUT2D eigenvalue weighted by atomic mass is 9.95. The lowest BCUT2D eigenvalue weighted by Crippen LogP contribution is -2.45. The average Bonchev–Trinajstić information content (AvgIpc) is 2.99. The molecule has 0 radical (unpaired) electrons. The Morgan fingerprint density at radius 1 is 1.13 bits per heavy atom. The molecule has 13 heteroatoms. The molecule has 0 spiro atoms. The molecule has 2 amide bonds. The molecule has 3 aromatic rings. The fourth-order valence-electron chi connectivity index (χ4n) is 4.57. The molecule has 0 unspecified atom stereocenters. The summed E-state index contributed by atoms with van der Waals surface area (Å²) in [5.41, 5.74) is 6.98. The summed E-state index contributed by atoms with van der Waals surface area (Å²) in [5.74, 6) is 0.916. The molecule has 11 nitrogen and oxygen atoms in total. The number of allylic oxidation sites excluding steroid dienone is 1. The third kappa shape index (κ3) is 9.11. The maximum absolute atomic E-state index is 12.5. The Hall–Kier alpha value is -3.82. The number of amides is 2. The van der Waals surface area contributed by atoms with E-state index in [9.17, 15) is 14.7 Å². The second kappa shape index (κ2) is 16.0. The predicted molar refractivity (Wildman–Crippen MR) is 181 cm³/mol. The first-order chi connectivity index (χ1) is 21.6. The molecule has 0 saturated heterocycles. The first-order valence-electron chi connectivity index (χ1n) is 14.0. The van der Waals surface area contributed by atoms with Crippen LogP contribution in [0.1, 0.15) is 42.1 Å². The van der Waals surface area contributed by atoms with E-state index in [2.05, 4.69) is 65.7 Å². The Kier molecular flexibility index (Phi) is 12.1. The smallest absolute Gasteiger partial charge is 0.337 e. The maximum atomic E-state index is 12.5. The van der Waals surface area contributed by atoms with E-state index < -0.39 is 24.3 Å². The summed E-state index contributed by atoms with van der Waals surface area (Å²) in [7, 11) is 1.28. The lowest BCUT2D eigenvalue weighted by Gasteiger charge is -2.28. The van der Waals surface area contributed by atoms with Crippen LogP contribution in [-0.2, 0) is 16.1 Å². The summed E-state index contributed by atoms with van der Waals surface area (Å²) in [6.07, 6.45) is 0.456. The molecule has 4 N–H and O–H groups in total. The number of methoxy groups -OCH3 is 1. The topological polar surface area (TPSA) is 140 Å². The van der Waals surface area contributed by atoms with E-state index in [0.29, 0.717) is 36.0 Å². The summed E-state index contributed by atoms with van der Waals surface area (Å²) in [4.78, 5) is 24.6. The first kappa shape index (κ1) is 34.1. The Balaban J connectivity index is 1.37. The first-order valence-corrected chi connectivity index (χ1v) is 15.9. The SMILES string of the molecule is CCOc1cc([C@@H]2NC(=O)NC(C)=C2C(=O)OC)ccc1OC[C@H](O)N/N=C\c1cc(Br)c(OCc2cccc(C)c2)c(I)c1. The minimum absolute atomic E-state index is 0.139. The summed E-state index contributed by atoms with van der Waals surface area (Å²) in [5, 5.41) is 20.0. The molecule has 0 bridgehead atoms. The summed E-state index contributed by atoms with van der Waals surface area (Å²) >= 11 is 5.80. The average molecular weight is 793 g/mol. The number of benzene rings is 3. The summed E-state index contributed by atoms with van der Waals surface area (Å²) < 4.78 is 24.2. The van der Waals surface area contributed by atoms with Crippen molar-refractivity contribution in [3.8, 4) is 17.2 Å². The normalized spacial score (nSPS) is 15.3. The van der Waals surface area contributed by atoms with Crippen LogP contribution in [0.25, 0.3) is 0 Å². The number of halogens is 2. The molecule has 1 heterocycles. The Labute approximate surface area is 283 Å². The zero-order chi connectivity index (χ0) is 32.5. The zero-order valence-electron chi connectivity index (χ0n) is 25.1. The van der Waals surface area contributed by atoms with Gasteiger partial charge in [-0.25, -0.2) is 9.59 Å². The Morgan fingerprint density at radius 2 is 1.93 bits per heavy atom. The minimum Gasteiger partial charge on any atom is -0.490 e. The number of ether oxygens (including phenoxy) is 4. The van der Waals surface area contributed by atoms with Crippen LogP contribution in [0.2, 0.25) is 0 Å². The molecular weight excluding hydrogens is 759 g/mol. The molecule has 1 aliphatic rings. The minimum atomic E-state index is -1.13. The molecule has 2 atom stereocenters. The van der Waals surface area contributed by atoms with Crippen molar-refractivity contribution in [3.05, 3.63) is 96.2 Å². The van der Waals surface area contributed by atoms with Gasteiger partial charge in [-0.2, -0.15) is 5.10 Å². The highest BCUT2D eigenvalue weighted by Gasteiger charge is 2.32. The number of nitrogens with zero attached hydrogens (tertiary/aromatic N) is 1. The highest BCUT2D eigenvalue weighted by molar-refractivity contribution is 14.1. The van der Waals surface area contributed by atoms with Gasteiger partial charge in [0.05, 0.1) is 39.6 Å². The van der Waals surface area contributed by atoms with Crippen LogP contribution in [-0.4, -0.2) is 49.9 Å². The van der Waals surface area contributed by atoms with E-state index in [1.165, 1.54) is 12.7 Å². The van der Waals surface area contributed by atoms with E-state index in [1.54, 1.807) is 31.3 Å². The molecule has 45 heavy (non-hydrogen) atoms. The van der Waals surface area contributed by atoms with Crippen molar-refractivity contribution < 1.29 is 33.6 Å². The van der Waals surface area contributed by atoms with Crippen LogP contribution in [0.4, 0.5) is 4.79 Å². The van der Waals surface area contributed by atoms with E-state index in [4.69, 9.17) is 18.9 Å². The quantitative estimate of drug-likeness (QED) is 0.0589. The van der Waals surface area contributed by atoms with E-state index in [-0.39, 0.29) is 12.2 Å². The number of hydrogen-bond donors (Lipinski definition) is 4. The van der Waals surface area contributed by atoms with Crippen LogP contribution >= 0.6 is 38.5 Å². The fourth-order valence-corrected chi connectivity index (χ4v) is 6.34. The molecule has 3 aromatic carbocycles. The standard InChI is InChI=1S/C32H34BrIN4O7/c1-5-43-26-14-22(29-28(31(40)42-4)19(3)36-32(41)37-29)9-10-25(26)44-17-27(39)38-35-15-21-12-23(33)30(24(34)13-21)45-16-20-8-6-7-18(2)11-20/h6-15,27,29,38-39H,5,16-17H2,1-4H3,(H2,36,37,41)/b35-15-/t27-,29-/m0/s1. The van der Waals surface area contributed by atoms with Gasteiger partial charge in [0.25, 0.3) is 0 Å². The third-order valence-corrected chi connectivity index (χ3v) is 7.99. The molecule has 0 aromatic heterocycles. The monoisotopic (exact) mass is 792 g/mol. The number of carbonyl (C=O) groups is 2. The van der Waals surface area contributed by atoms with Crippen LogP contribution < -0.4 is 30.3 Å². The number of hydrogen-bond acceptors (Lipinski definition) is 9. The molecular formula is C32H34BrIN4O7. The molecule has 4 rings (SSSR count). The number of nitrogens with one attached hydrogen (secondary N) is 3. The van der Waals surface area contributed by atoms with Crippen molar-refractivity contribution in [2.45, 2.75) is 39.6 Å². The Morgan fingerprint density at radius 3 is 2.64 bits per heavy atom. The van der Waals surface area contributed by atoms with Gasteiger partial charge in [-0.1, -0.05) is 35.9 Å². The van der Waals surface area contributed by atoms with Crippen LogP contribution in [0, 0.1) is 10.5 Å². The van der Waals surface area contributed by atoms with Crippen molar-refractivity contribution in [2.24, 2.45) is 5.10 Å². The zero-order valence-corrected chi connectivity index (χ0v) is 28.9. The number of esters is 1. The van der Waals surface area contributed by atoms with Gasteiger partial charge in [0.15, 0.2) is 17.7 Å². The molecule has 0 saturated carbocycles. The number of aliphatic hydroxyl groups is 1. The van der Waals surface area contributed by atoms with Crippen molar-refractivity contribution in [1.29, 1.82) is 0 Å². The number of urea groups is 1. The highest BCUT2D eigenvalue weighted by Crippen LogP contribution is 2.35. The number of carbonyl (C=O) groups excluding carboxylic acids is 2. The van der Waals surface area contributed by atoms with Gasteiger partial charge < -0.3 is 34.7 Å². The maximum Gasteiger partial charge on any atom is 0.337 e. The van der Waals surface area contributed by atoms with Crippen LogP contribution in [0.3, 0.4) is 0 Å². The van der Waals surface area contributed by atoms with Crippen molar-refractivity contribution >= 4 is 56.7 Å². The van der Waals surface area contributed by atoms with Crippen molar-refractivity contribution in [1.82, 2.24) is 16.1 Å². The number of hydrazone groups is 1. The van der Waals surface area contributed by atoms with Crippen molar-refractivity contribution in [3.63, 3.8) is 0 Å². The van der Waals surface area contributed by atoms with Gasteiger partial charge in [-0.3, -0.25) is 5.43 Å². The van der Waals surface area contributed by atoms with Gasteiger partial charge in [0.2, 0.25) is 0 Å². The van der Waals surface area contributed by atoms with Gasteiger partial charge in [-0.05, 0) is 100 Å². The fraction of sp³-hybridized carbons (Fsp3) is 0.281. The van der Waals surface area contributed by atoms with Gasteiger partial charge in [0.1, 0.15) is 19.0 Å². The second-order valence-electron chi connectivity index (χ2n) is 10.0. The van der Waals surface area contributed by atoms with E-state index >= 15 is 0 Å². The van der Waals surface area contributed by atoms with Crippen molar-refractivity contribution in [2.75, 3.05) is 20.3 Å². The second-order valence-corrected chi connectivity index (χ2v) is 12.0. The van der Waals surface area contributed by atoms with Gasteiger partial charge >= 0.3 is 12.0 Å². The number of aryl methyl sites for hydroxylation is 1. The van der Waals surface area contributed by atoms with Gasteiger partial charge in [0, 0.05) is 5.70 Å². The molecule has 238 valence electrons. The largest absolute Gasteiger partial charge is 0.490 e. The van der Waals surface area contributed by atoms with Gasteiger partial charge in [-0.15, -0.1) is 0 Å². The number of aliphatic hydroxyl groups excluding tert-OH is 1. The van der Waals surface area contributed by atoms with E-state index in [1.807, 2.05) is 44.2 Å². The predicted octanol–water partition coefficient (Wildman–Crippen LogP) is 5.46. The number of rotatable bonds is 13. The Bertz CT molecular complexity index is 1590. The molecule has 1 aliphatic heterocycles. The lowest BCUT2D eigenvalue weighted by molar-refractivity contribution is -0.136. The molecule has 0 fully saturated rings. The molecule has 0 aliphatic carbocycles.